The van der Waals surface area contributed by atoms with E-state index in [1.165, 1.54) is 4.88 Å². The predicted octanol–water partition coefficient (Wildman–Crippen LogP) is 2.60. The van der Waals surface area contributed by atoms with Gasteiger partial charge in [0, 0.05) is 29.7 Å². The van der Waals surface area contributed by atoms with Crippen LogP contribution in [0.5, 0.6) is 0 Å². The first kappa shape index (κ1) is 15.3. The van der Waals surface area contributed by atoms with Crippen molar-refractivity contribution in [1.29, 1.82) is 0 Å². The third kappa shape index (κ3) is 4.76. The minimum absolute atomic E-state index is 0.227. The summed E-state index contributed by atoms with van der Waals surface area (Å²) in [7, 11) is 0. The van der Waals surface area contributed by atoms with E-state index in [-0.39, 0.29) is 12.1 Å². The topological polar surface area (TPSA) is 63.2 Å². The second kappa shape index (κ2) is 6.10. The molecular weight excluding hydrogens is 274 g/mol. The minimum atomic E-state index is -0.435. The number of nitrogens with one attached hydrogen (secondary N) is 2. The number of alkyl carbamates (subject to hydrolysis) is 1. The molecule has 0 radical (unpaired) electrons. The van der Waals surface area contributed by atoms with Gasteiger partial charge in [0.1, 0.15) is 5.60 Å². The highest BCUT2D eigenvalue weighted by atomic mass is 32.1. The monoisotopic (exact) mass is 297 g/mol. The maximum atomic E-state index is 11.6. The molecule has 1 heterocycles. The Morgan fingerprint density at radius 2 is 2.15 bits per heavy atom. The molecule has 20 heavy (non-hydrogen) atoms. The summed E-state index contributed by atoms with van der Waals surface area (Å²) in [4.78, 5) is 17.1. The minimum Gasteiger partial charge on any atom is -0.444 e. The Balaban J connectivity index is 1.61. The Morgan fingerprint density at radius 1 is 1.45 bits per heavy atom. The fourth-order valence-electron chi connectivity index (χ4n) is 2.11. The number of rotatable bonds is 4. The van der Waals surface area contributed by atoms with Gasteiger partial charge in [-0.05, 0) is 40.5 Å². The van der Waals surface area contributed by atoms with Crippen LogP contribution in [-0.4, -0.2) is 28.8 Å². The average molecular weight is 297 g/mol. The van der Waals surface area contributed by atoms with Gasteiger partial charge in [-0.2, -0.15) is 0 Å². The zero-order chi connectivity index (χ0) is 14.8. The Bertz CT molecular complexity index is 461. The first-order chi connectivity index (χ1) is 9.32. The summed E-state index contributed by atoms with van der Waals surface area (Å²) in [5, 5.41) is 7.47. The van der Waals surface area contributed by atoms with E-state index in [0.29, 0.717) is 6.04 Å². The van der Waals surface area contributed by atoms with Gasteiger partial charge in [-0.1, -0.05) is 0 Å². The second-order valence-corrected chi connectivity index (χ2v) is 7.56. The van der Waals surface area contributed by atoms with Crippen molar-refractivity contribution < 1.29 is 9.53 Å². The molecule has 2 rings (SSSR count). The molecule has 1 saturated carbocycles. The van der Waals surface area contributed by atoms with E-state index in [1.807, 2.05) is 33.9 Å². The van der Waals surface area contributed by atoms with Gasteiger partial charge >= 0.3 is 6.09 Å². The summed E-state index contributed by atoms with van der Waals surface area (Å²) >= 11 is 1.72. The smallest absolute Gasteiger partial charge is 0.407 e. The van der Waals surface area contributed by atoms with Crippen LogP contribution in [0.4, 0.5) is 4.79 Å². The molecule has 1 fully saturated rings. The van der Waals surface area contributed by atoms with Crippen molar-refractivity contribution in [3.63, 3.8) is 0 Å². The van der Waals surface area contributed by atoms with Gasteiger partial charge in [-0.3, -0.25) is 0 Å². The zero-order valence-electron chi connectivity index (χ0n) is 12.5. The molecule has 0 bridgehead atoms. The number of carbonyl (C=O) groups excluding carboxylic acids is 1. The maximum Gasteiger partial charge on any atom is 0.407 e. The number of amides is 1. The lowest BCUT2D eigenvalue weighted by atomic mass is 9.87. The van der Waals surface area contributed by atoms with Gasteiger partial charge in [0.15, 0.2) is 0 Å². The number of aryl methyl sites for hydroxylation is 1. The van der Waals surface area contributed by atoms with Gasteiger partial charge in [-0.25, -0.2) is 9.78 Å². The van der Waals surface area contributed by atoms with Crippen LogP contribution in [0, 0.1) is 6.92 Å². The molecule has 0 saturated heterocycles. The molecule has 112 valence electrons. The molecule has 1 aliphatic rings. The maximum absolute atomic E-state index is 11.6. The summed E-state index contributed by atoms with van der Waals surface area (Å²) in [5.74, 6) is 0. The van der Waals surface area contributed by atoms with Crippen LogP contribution in [0.2, 0.25) is 0 Å². The van der Waals surface area contributed by atoms with Crippen molar-refractivity contribution in [2.75, 3.05) is 0 Å². The van der Waals surface area contributed by atoms with Crippen LogP contribution in [-0.2, 0) is 11.3 Å². The fourth-order valence-corrected chi connectivity index (χ4v) is 2.85. The van der Waals surface area contributed by atoms with Gasteiger partial charge in [0.2, 0.25) is 0 Å². The largest absolute Gasteiger partial charge is 0.444 e. The number of ether oxygens (including phenoxy) is 1. The molecule has 1 aromatic heterocycles. The van der Waals surface area contributed by atoms with Crippen molar-refractivity contribution in [1.82, 2.24) is 15.6 Å². The second-order valence-electron chi connectivity index (χ2n) is 6.24. The van der Waals surface area contributed by atoms with E-state index in [2.05, 4.69) is 15.6 Å². The predicted molar refractivity (Wildman–Crippen MR) is 79.9 cm³/mol. The Hall–Kier alpha value is -1.14. The van der Waals surface area contributed by atoms with Crippen molar-refractivity contribution >= 4 is 17.4 Å². The highest BCUT2D eigenvalue weighted by molar-refractivity contribution is 7.11. The Morgan fingerprint density at radius 3 is 2.70 bits per heavy atom. The average Bonchev–Trinajstić information content (AvgIpc) is 2.64. The SMILES string of the molecule is Cc1ncc(CNC2CC(NC(=O)OC(C)(C)C)C2)s1. The zero-order valence-corrected chi connectivity index (χ0v) is 13.3. The fraction of sp³-hybridized carbons (Fsp3) is 0.714. The lowest BCUT2D eigenvalue weighted by molar-refractivity contribution is 0.0465. The lowest BCUT2D eigenvalue weighted by Gasteiger charge is -2.36. The molecule has 0 spiro atoms. The van der Waals surface area contributed by atoms with Crippen LogP contribution in [0.1, 0.15) is 43.5 Å². The molecule has 5 nitrogen and oxygen atoms in total. The number of nitrogens with zero attached hydrogens (tertiary/aromatic N) is 1. The summed E-state index contributed by atoms with van der Waals surface area (Å²) in [5.41, 5.74) is -0.435. The summed E-state index contributed by atoms with van der Waals surface area (Å²) in [6.45, 7) is 8.48. The van der Waals surface area contributed by atoms with Crippen molar-refractivity contribution in [3.05, 3.63) is 16.1 Å². The van der Waals surface area contributed by atoms with Crippen LogP contribution >= 0.6 is 11.3 Å². The molecule has 0 atom stereocenters. The Labute approximate surface area is 124 Å². The molecule has 1 amide bonds. The van der Waals surface area contributed by atoms with E-state index in [0.717, 1.165) is 24.4 Å². The molecule has 6 heteroatoms. The van der Waals surface area contributed by atoms with Gasteiger partial charge in [0.05, 0.1) is 5.01 Å². The normalized spacial score (nSPS) is 22.2. The standard InChI is InChI=1S/C14H23N3O2S/c1-9-15-7-12(20-9)8-16-10-5-11(6-10)17-13(18)19-14(2,3)4/h7,10-11,16H,5-6,8H2,1-4H3,(H,17,18). The molecule has 0 aromatic carbocycles. The number of aromatic nitrogens is 1. The molecule has 0 aliphatic heterocycles. The van der Waals surface area contributed by atoms with Crippen LogP contribution in [0.15, 0.2) is 6.20 Å². The molecule has 0 unspecified atom stereocenters. The molecule has 1 aromatic rings. The number of hydrogen-bond donors (Lipinski definition) is 2. The third-order valence-corrected chi connectivity index (χ3v) is 4.01. The van der Waals surface area contributed by atoms with Crippen LogP contribution < -0.4 is 10.6 Å². The third-order valence-electron chi connectivity index (χ3n) is 3.09. The first-order valence-corrected chi connectivity index (χ1v) is 7.78. The molecule has 1 aliphatic carbocycles. The van der Waals surface area contributed by atoms with Gasteiger partial charge in [-0.15, -0.1) is 11.3 Å². The quantitative estimate of drug-likeness (QED) is 0.896. The van der Waals surface area contributed by atoms with E-state index in [4.69, 9.17) is 4.74 Å². The first-order valence-electron chi connectivity index (χ1n) is 6.96. The van der Waals surface area contributed by atoms with E-state index >= 15 is 0 Å². The lowest BCUT2D eigenvalue weighted by Crippen LogP contribution is -2.52. The Kier molecular flexibility index (Phi) is 4.65. The number of carbonyl (C=O) groups is 1. The number of thiazole rings is 1. The highest BCUT2D eigenvalue weighted by Crippen LogP contribution is 2.22. The van der Waals surface area contributed by atoms with Gasteiger partial charge in [0.25, 0.3) is 0 Å². The highest BCUT2D eigenvalue weighted by Gasteiger charge is 2.31. The van der Waals surface area contributed by atoms with E-state index in [9.17, 15) is 4.79 Å². The van der Waals surface area contributed by atoms with Crippen LogP contribution in [0.3, 0.4) is 0 Å². The van der Waals surface area contributed by atoms with Crippen molar-refractivity contribution in [2.24, 2.45) is 0 Å². The summed E-state index contributed by atoms with van der Waals surface area (Å²) in [6, 6.07) is 0.697. The van der Waals surface area contributed by atoms with E-state index in [1.54, 1.807) is 11.3 Å². The number of hydrogen-bond acceptors (Lipinski definition) is 5. The van der Waals surface area contributed by atoms with Crippen LogP contribution in [0.25, 0.3) is 0 Å². The van der Waals surface area contributed by atoms with Crippen molar-refractivity contribution in [3.8, 4) is 0 Å². The van der Waals surface area contributed by atoms with Gasteiger partial charge < -0.3 is 15.4 Å². The summed E-state index contributed by atoms with van der Waals surface area (Å²) in [6.07, 6.45) is 3.51. The summed E-state index contributed by atoms with van der Waals surface area (Å²) < 4.78 is 5.23. The molecule has 2 N–H and O–H groups in total. The van der Waals surface area contributed by atoms with E-state index < -0.39 is 5.60 Å². The molecular formula is C14H23N3O2S. The van der Waals surface area contributed by atoms with Crippen molar-refractivity contribution in [2.45, 2.75) is 64.8 Å².